The van der Waals surface area contributed by atoms with E-state index in [0.717, 1.165) is 6.42 Å². The van der Waals surface area contributed by atoms with E-state index in [-0.39, 0.29) is 0 Å². The van der Waals surface area contributed by atoms with Crippen LogP contribution < -0.4 is 3.58 Å². The molecule has 0 N–H and O–H groups in total. The van der Waals surface area contributed by atoms with Crippen molar-refractivity contribution in [2.45, 2.75) is 65.7 Å². The van der Waals surface area contributed by atoms with E-state index in [1.807, 2.05) is 6.20 Å². The van der Waals surface area contributed by atoms with Crippen LogP contribution in [0.15, 0.2) is 18.5 Å². The van der Waals surface area contributed by atoms with Gasteiger partial charge in [-0.15, -0.1) is 0 Å². The van der Waals surface area contributed by atoms with Gasteiger partial charge in [-0.05, 0) is 0 Å². The minimum atomic E-state index is -2.24. The van der Waals surface area contributed by atoms with Crippen LogP contribution in [0, 0.1) is 6.92 Å². The Bertz CT molecular complexity index is 305. The Labute approximate surface area is 123 Å². The van der Waals surface area contributed by atoms with Crippen LogP contribution in [0.1, 0.15) is 52.4 Å². The van der Waals surface area contributed by atoms with Crippen LogP contribution in [0.5, 0.6) is 0 Å². The van der Waals surface area contributed by atoms with E-state index in [2.05, 4.69) is 43.2 Å². The van der Waals surface area contributed by atoms with E-state index in [1.165, 1.54) is 45.4 Å². The van der Waals surface area contributed by atoms with E-state index in [4.69, 9.17) is 0 Å². The molecule has 106 valence electrons. The number of hydrogen-bond acceptors (Lipinski definition) is 2. The van der Waals surface area contributed by atoms with Crippen LogP contribution in [-0.4, -0.2) is 28.6 Å². The molecule has 0 amide bonds. The van der Waals surface area contributed by atoms with Crippen LogP contribution in [0.3, 0.4) is 0 Å². The Balaban J connectivity index is 2.94. The van der Waals surface area contributed by atoms with Gasteiger partial charge in [0.1, 0.15) is 0 Å². The predicted molar refractivity (Wildman–Crippen MR) is 86.2 cm³/mol. The van der Waals surface area contributed by atoms with Gasteiger partial charge in [-0.2, -0.15) is 0 Å². The van der Waals surface area contributed by atoms with Crippen molar-refractivity contribution in [3.63, 3.8) is 0 Å². The van der Waals surface area contributed by atoms with Gasteiger partial charge in [0.25, 0.3) is 0 Å². The zero-order valence-corrected chi connectivity index (χ0v) is 15.6. The van der Waals surface area contributed by atoms with Gasteiger partial charge in [0.05, 0.1) is 0 Å². The molecule has 0 atom stereocenters. The molecule has 0 saturated heterocycles. The predicted octanol–water partition coefficient (Wildman–Crippen LogP) is 4.35. The maximum atomic E-state index is 4.16. The number of aromatic nitrogens is 2. The van der Waals surface area contributed by atoms with Crippen molar-refractivity contribution in [3.05, 3.63) is 25.4 Å². The quantitative estimate of drug-likeness (QED) is 0.454. The summed E-state index contributed by atoms with van der Waals surface area (Å²) in [5, 5.41) is 8.13. The third-order valence-corrected chi connectivity index (χ3v) is 19.7. The second-order valence-corrected chi connectivity index (χ2v) is 18.8. The zero-order chi connectivity index (χ0) is 14.0. The normalized spacial score (nSPS) is 11.7. The fourth-order valence-electron chi connectivity index (χ4n) is 2.91. The van der Waals surface area contributed by atoms with E-state index < -0.39 is 18.4 Å². The van der Waals surface area contributed by atoms with Crippen LogP contribution in [0.2, 0.25) is 13.3 Å². The fourth-order valence-corrected chi connectivity index (χ4v) is 18.2. The summed E-state index contributed by atoms with van der Waals surface area (Å²) in [7, 11) is 0. The van der Waals surface area contributed by atoms with Gasteiger partial charge in [-0.3, -0.25) is 0 Å². The summed E-state index contributed by atoms with van der Waals surface area (Å²) < 4.78 is 6.01. The molecule has 19 heavy (non-hydrogen) atoms. The molecule has 3 heteroatoms. The molecule has 0 saturated carbocycles. The number of unbranched alkanes of at least 4 members (excludes halogenated alkanes) is 3. The molecule has 0 aliphatic carbocycles. The minimum absolute atomic E-state index is 1.08. The average molecular weight is 368 g/mol. The van der Waals surface area contributed by atoms with Crippen molar-refractivity contribution in [1.82, 2.24) is 10.2 Å². The summed E-state index contributed by atoms with van der Waals surface area (Å²) in [6.45, 7) is 8.66. The van der Waals surface area contributed by atoms with E-state index in [0.29, 0.717) is 0 Å². The fraction of sp³-hybridized carbons (Fsp3) is 0.688. The number of rotatable bonds is 10. The molecule has 0 aliphatic heterocycles. The van der Waals surface area contributed by atoms with Crippen LogP contribution >= 0.6 is 0 Å². The topological polar surface area (TPSA) is 25.8 Å². The van der Waals surface area contributed by atoms with Crippen molar-refractivity contribution in [2.24, 2.45) is 0 Å². The summed E-state index contributed by atoms with van der Waals surface area (Å²) in [6, 6.07) is 2.26. The standard InChI is InChI=1S/C4H3N2.2C4H9.C4H8.Sn/c1-2-4-6-5-3-1;3*1-3-4-2;/h1,3-4H;2*1,3-4H2,2H3;1-4H2;/q;;;+1;. The Morgan fingerprint density at radius 1 is 1.00 bits per heavy atom. The molecule has 0 spiro atoms. The second kappa shape index (κ2) is 9.62. The van der Waals surface area contributed by atoms with Crippen LogP contribution in [-0.2, 0) is 0 Å². The molecular weight excluding hydrogens is 339 g/mol. The summed E-state index contributed by atoms with van der Waals surface area (Å²) >= 11 is -2.24. The molecule has 0 aromatic carbocycles. The summed E-state index contributed by atoms with van der Waals surface area (Å²) in [5.74, 6) is 0. The third-order valence-electron chi connectivity index (χ3n) is 4.12. The zero-order valence-electron chi connectivity index (χ0n) is 12.7. The molecule has 1 rings (SSSR count). The molecule has 0 aliphatic rings. The van der Waals surface area contributed by atoms with Gasteiger partial charge >= 0.3 is 123 Å². The van der Waals surface area contributed by atoms with Crippen molar-refractivity contribution in [1.29, 1.82) is 0 Å². The maximum absolute atomic E-state index is 4.16. The molecule has 1 heterocycles. The average Bonchev–Trinajstić information content (AvgIpc) is 2.48. The third kappa shape index (κ3) is 5.33. The Morgan fingerprint density at radius 2 is 1.63 bits per heavy atom. The van der Waals surface area contributed by atoms with E-state index >= 15 is 0 Å². The van der Waals surface area contributed by atoms with Gasteiger partial charge in [-0.1, -0.05) is 0 Å². The SMILES string of the molecule is [CH2+]CC[CH2][Sn]([CH2]CCC)([CH2]CCC)[c]1ccnnc1. The summed E-state index contributed by atoms with van der Waals surface area (Å²) in [6.07, 6.45) is 11.7. The summed E-state index contributed by atoms with van der Waals surface area (Å²) in [5.41, 5.74) is 0. The van der Waals surface area contributed by atoms with Crippen molar-refractivity contribution in [2.75, 3.05) is 0 Å². The van der Waals surface area contributed by atoms with E-state index in [9.17, 15) is 0 Å². The molecule has 0 fully saturated rings. The van der Waals surface area contributed by atoms with Crippen molar-refractivity contribution >= 4 is 22.0 Å². The number of hydrogen-bond donors (Lipinski definition) is 0. The van der Waals surface area contributed by atoms with Crippen molar-refractivity contribution < 1.29 is 0 Å². The van der Waals surface area contributed by atoms with Gasteiger partial charge in [0, 0.05) is 0 Å². The molecular formula is C16H29N2Sn+. The first-order chi connectivity index (χ1) is 9.29. The Hall–Kier alpha value is -0.251. The second-order valence-electron chi connectivity index (χ2n) is 5.58. The van der Waals surface area contributed by atoms with Crippen LogP contribution in [0.4, 0.5) is 0 Å². The molecule has 0 bridgehead atoms. The molecule has 1 aromatic heterocycles. The first-order valence-electron chi connectivity index (χ1n) is 7.85. The van der Waals surface area contributed by atoms with Crippen molar-refractivity contribution in [3.8, 4) is 0 Å². The molecule has 1 aromatic rings. The van der Waals surface area contributed by atoms with E-state index in [1.54, 1.807) is 3.58 Å². The molecule has 0 unspecified atom stereocenters. The van der Waals surface area contributed by atoms with Gasteiger partial charge in [-0.25, -0.2) is 0 Å². The van der Waals surface area contributed by atoms with Gasteiger partial charge < -0.3 is 0 Å². The first kappa shape index (κ1) is 16.8. The van der Waals surface area contributed by atoms with Gasteiger partial charge in [0.2, 0.25) is 0 Å². The Morgan fingerprint density at radius 3 is 2.11 bits per heavy atom. The first-order valence-corrected chi connectivity index (χ1v) is 15.3. The number of nitrogens with zero attached hydrogens (tertiary/aromatic N) is 2. The van der Waals surface area contributed by atoms with Gasteiger partial charge in [0.15, 0.2) is 0 Å². The van der Waals surface area contributed by atoms with Crippen LogP contribution in [0.25, 0.3) is 0 Å². The molecule has 0 radical (unpaired) electrons. The summed E-state index contributed by atoms with van der Waals surface area (Å²) in [4.78, 5) is 0. The Kier molecular flexibility index (Phi) is 8.51. The monoisotopic (exact) mass is 369 g/mol. The molecule has 2 nitrogen and oxygen atoms in total.